The molecule has 6 heterocycles. The number of ether oxygens (including phenoxy) is 2. The van der Waals surface area contributed by atoms with Crippen LogP contribution >= 0.6 is 0 Å². The van der Waals surface area contributed by atoms with Crippen LogP contribution in [0.1, 0.15) is 15.2 Å². The van der Waals surface area contributed by atoms with Crippen molar-refractivity contribution in [1.29, 1.82) is 0 Å². The number of benzene rings is 9. The zero-order chi connectivity index (χ0) is 58.9. The molecule has 0 N–H and O–H groups in total. The van der Waals surface area contributed by atoms with Gasteiger partial charge >= 0.3 is 0 Å². The van der Waals surface area contributed by atoms with E-state index in [0.29, 0.717) is 37.2 Å². The normalized spacial score (nSPS) is 14.7. The molecule has 4 aliphatic rings. The first-order chi connectivity index (χ1) is 42.4. The minimum absolute atomic E-state index is 0.152. The van der Waals surface area contributed by atoms with Gasteiger partial charge in [0.1, 0.15) is 36.3 Å². The van der Waals surface area contributed by atoms with Gasteiger partial charge in [-0.3, -0.25) is 9.97 Å². The summed E-state index contributed by atoms with van der Waals surface area (Å²) in [5, 5.41) is 0. The smallest absolute Gasteiger partial charge is 0.130 e. The van der Waals surface area contributed by atoms with E-state index in [2.05, 4.69) is 236 Å². The van der Waals surface area contributed by atoms with Crippen molar-refractivity contribution in [2.75, 3.05) is 79.9 Å². The first kappa shape index (κ1) is 47.0. The van der Waals surface area contributed by atoms with Gasteiger partial charge < -0.3 is 48.7 Å². The summed E-state index contributed by atoms with van der Waals surface area (Å²) >= 11 is 0. The molecule has 15 rings (SSSR count). The second-order valence-electron chi connectivity index (χ2n) is 21.8. The Hall–Kier alpha value is -10.7. The highest BCUT2D eigenvalue weighted by Crippen LogP contribution is 2.51. The number of aromatic nitrogens is 2. The Kier molecular flexibility index (Phi) is 11.6. The van der Waals surface area contributed by atoms with Crippen LogP contribution in [0.4, 0.5) is 79.6 Å². The fraction of sp³-hybridized carbons (Fsp3) is 0.111. The highest BCUT2D eigenvalue weighted by atomic mass is 16.5. The number of aryl methyl sites for hydroxylation is 2. The van der Waals surface area contributed by atoms with Crippen molar-refractivity contribution in [3.63, 3.8) is 0 Å². The van der Waals surface area contributed by atoms with E-state index >= 15 is 0 Å². The number of rotatable bonds is 12. The van der Waals surface area contributed by atoms with E-state index in [1.807, 2.05) is 59.8 Å². The van der Waals surface area contributed by atoms with Crippen molar-refractivity contribution >= 4 is 79.6 Å². The molecule has 0 saturated carbocycles. The zero-order valence-corrected chi connectivity index (χ0v) is 46.7. The lowest BCUT2D eigenvalue weighted by atomic mass is 10.0. The van der Waals surface area contributed by atoms with Gasteiger partial charge in [-0.15, -0.1) is 0 Å². The first-order valence-electron chi connectivity index (χ1n) is 29.7. The van der Waals surface area contributed by atoms with Crippen molar-refractivity contribution in [3.05, 3.63) is 254 Å². The molecule has 9 aromatic carbocycles. The van der Waals surface area contributed by atoms with Gasteiger partial charge in [-0.1, -0.05) is 84.9 Å². The fourth-order valence-electron chi connectivity index (χ4n) is 12.1. The highest BCUT2D eigenvalue weighted by Gasteiger charge is 2.33. The van der Waals surface area contributed by atoms with Crippen LogP contribution in [0.5, 0.6) is 23.0 Å². The van der Waals surface area contributed by atoms with Crippen LogP contribution < -0.4 is 48.7 Å². The van der Waals surface area contributed by atoms with Gasteiger partial charge in [0.15, 0.2) is 0 Å². The first-order valence-corrected chi connectivity index (χ1v) is 28.2. The molecule has 84 heavy (non-hydrogen) atoms. The lowest BCUT2D eigenvalue weighted by Gasteiger charge is -2.25. The second-order valence-corrected chi connectivity index (χ2v) is 21.8. The van der Waals surface area contributed by atoms with Crippen LogP contribution in [0.3, 0.4) is 0 Å². The van der Waals surface area contributed by atoms with Crippen molar-refractivity contribution in [2.45, 2.75) is 13.8 Å². The van der Waals surface area contributed by atoms with Crippen LogP contribution in [-0.2, 0) is 0 Å². The zero-order valence-electron chi connectivity index (χ0n) is 49.7. The molecule has 0 spiro atoms. The standard InChI is InChI=1S/C72H60N10O2/c1-49-33-69-70(34-50(49)2)82(60-36-54(52-17-9-6-10-18-52)38-64(42-60)84-62-22-14-20-58(40-62)78-46-76(4)72-44-74-32-30-68(72)78)48-80(69)56-27-25-55(26-28-56)79-47-81(66-24-12-11-23-65(66)79)59-35-53(51-15-7-5-8-16-51)37-63(41-59)83-61-21-13-19-57(39-61)77-45-75(3)71-43-73-31-29-67(71)77/h5-44H,45-48H2,1-4H3/i3D3. The predicted octanol–water partition coefficient (Wildman–Crippen LogP) is 17.6. The quantitative estimate of drug-likeness (QED) is 0.117. The molecule has 0 radical (unpaired) electrons. The molecule has 0 unspecified atom stereocenters. The van der Waals surface area contributed by atoms with Crippen LogP contribution in [-0.4, -0.2) is 50.7 Å². The van der Waals surface area contributed by atoms with E-state index in [0.717, 1.165) is 108 Å². The van der Waals surface area contributed by atoms with Crippen molar-refractivity contribution < 1.29 is 13.6 Å². The minimum Gasteiger partial charge on any atom is -0.457 e. The molecular formula is C72H60N10O2. The van der Waals surface area contributed by atoms with Crippen molar-refractivity contribution in [1.82, 2.24) is 9.97 Å². The van der Waals surface area contributed by atoms with E-state index in [4.69, 9.17) is 13.6 Å². The largest absolute Gasteiger partial charge is 0.457 e. The molecule has 0 saturated heterocycles. The van der Waals surface area contributed by atoms with E-state index in [1.165, 1.54) is 16.0 Å². The van der Waals surface area contributed by atoms with Gasteiger partial charge in [0.25, 0.3) is 0 Å². The topological polar surface area (TPSA) is 70.2 Å². The summed E-state index contributed by atoms with van der Waals surface area (Å²) in [5.41, 5.74) is 20.7. The minimum atomic E-state index is -2.33. The number of fused-ring (bicyclic) bond motifs is 4. The van der Waals surface area contributed by atoms with E-state index < -0.39 is 6.98 Å². The fourth-order valence-corrected chi connectivity index (χ4v) is 12.1. The maximum atomic E-state index is 8.25. The molecule has 0 aliphatic carbocycles. The van der Waals surface area contributed by atoms with Crippen LogP contribution in [0.2, 0.25) is 0 Å². The Morgan fingerprint density at radius 2 is 0.726 bits per heavy atom. The molecule has 12 nitrogen and oxygen atoms in total. The van der Waals surface area contributed by atoms with Crippen LogP contribution in [0, 0.1) is 13.8 Å². The summed E-state index contributed by atoms with van der Waals surface area (Å²) in [7, 11) is 2.09. The lowest BCUT2D eigenvalue weighted by Crippen LogP contribution is -2.25. The Bertz CT molecular complexity index is 4420. The number of pyridine rings is 2. The summed E-state index contributed by atoms with van der Waals surface area (Å²) in [4.78, 5) is 26.0. The molecule has 12 heteroatoms. The van der Waals surface area contributed by atoms with E-state index in [1.54, 1.807) is 12.4 Å². The average Bonchev–Trinajstić information content (AvgIpc) is 4.30. The van der Waals surface area contributed by atoms with Crippen LogP contribution in [0.15, 0.2) is 243 Å². The Morgan fingerprint density at radius 1 is 0.321 bits per heavy atom. The van der Waals surface area contributed by atoms with E-state index in [9.17, 15) is 0 Å². The van der Waals surface area contributed by atoms with Gasteiger partial charge in [-0.2, -0.15) is 0 Å². The maximum Gasteiger partial charge on any atom is 0.130 e. The number of hydrogen-bond acceptors (Lipinski definition) is 12. The van der Waals surface area contributed by atoms with Gasteiger partial charge in [0.2, 0.25) is 0 Å². The highest BCUT2D eigenvalue weighted by molar-refractivity contribution is 5.92. The lowest BCUT2D eigenvalue weighted by molar-refractivity contribution is 0.482. The Labute approximate surface area is 494 Å². The summed E-state index contributed by atoms with van der Waals surface area (Å²) in [6.45, 7) is 4.05. The molecule has 11 aromatic rings. The van der Waals surface area contributed by atoms with Gasteiger partial charge in [0, 0.05) is 88.9 Å². The summed E-state index contributed by atoms with van der Waals surface area (Å²) in [5.74, 6) is 2.79. The number of nitrogens with zero attached hydrogens (tertiary/aromatic N) is 10. The third kappa shape index (κ3) is 9.14. The van der Waals surface area contributed by atoms with Crippen molar-refractivity contribution in [3.8, 4) is 45.3 Å². The van der Waals surface area contributed by atoms with Gasteiger partial charge in [-0.25, -0.2) is 0 Å². The summed E-state index contributed by atoms with van der Waals surface area (Å²) in [6.07, 6.45) is 7.06. The molecule has 410 valence electrons. The van der Waals surface area contributed by atoms with Crippen LogP contribution in [0.25, 0.3) is 22.3 Å². The molecular weight excluding hydrogens is 1040 g/mol. The monoisotopic (exact) mass is 1100 g/mol. The average molecular weight is 1100 g/mol. The Balaban J connectivity index is 0.724. The number of hydrogen-bond donors (Lipinski definition) is 0. The third-order valence-electron chi connectivity index (χ3n) is 16.5. The molecule has 2 aromatic heterocycles. The predicted molar refractivity (Wildman–Crippen MR) is 343 cm³/mol. The van der Waals surface area contributed by atoms with Gasteiger partial charge in [-0.05, 0) is 156 Å². The Morgan fingerprint density at radius 3 is 1.23 bits per heavy atom. The SMILES string of the molecule is [2H]C([2H])([2H])N1CN(c2cccc(Oc3cc(-c4ccccc4)cc(N4CN(c5ccc(N6CN(c7cc(Oc8cccc(N9CN(C)c%10cnccc%109)c8)cc(-c8ccccc8)c7)c7cc(C)c(C)cc76)cc5)c5ccccc54)c3)c2)c2ccncc21. The second kappa shape index (κ2) is 20.7. The molecule has 0 atom stereocenters. The third-order valence-corrected chi connectivity index (χ3v) is 16.5. The molecule has 0 amide bonds. The molecule has 0 bridgehead atoms. The van der Waals surface area contributed by atoms with Gasteiger partial charge in [0.05, 0.1) is 71.2 Å². The maximum absolute atomic E-state index is 8.25. The molecule has 4 aliphatic heterocycles. The number of para-hydroxylation sites is 2. The summed E-state index contributed by atoms with van der Waals surface area (Å²) < 4.78 is 38.5. The van der Waals surface area contributed by atoms with E-state index in [-0.39, 0.29) is 6.67 Å². The van der Waals surface area contributed by atoms with Crippen molar-refractivity contribution in [2.24, 2.45) is 0 Å². The molecule has 0 fully saturated rings. The summed E-state index contributed by atoms with van der Waals surface area (Å²) in [6, 6.07) is 76.1. The number of anilines is 14.